The smallest absolute Gasteiger partial charge is 0.331 e. The molecule has 0 N–H and O–H groups in total. The maximum absolute atomic E-state index is 12.8. The number of nitrogens with zero attached hydrogens (tertiary/aromatic N) is 4. The highest BCUT2D eigenvalue weighted by molar-refractivity contribution is 5.96. The molecule has 0 saturated carbocycles. The van der Waals surface area contributed by atoms with Crippen LogP contribution in [0, 0.1) is 39.0 Å². The van der Waals surface area contributed by atoms with Crippen LogP contribution in [0.5, 0.6) is 0 Å². The Morgan fingerprint density at radius 1 is 1.09 bits per heavy atom. The van der Waals surface area contributed by atoms with Gasteiger partial charge in [0.15, 0.2) is 6.61 Å². The van der Waals surface area contributed by atoms with Crippen LogP contribution < -0.4 is 4.90 Å². The topological polar surface area (TPSA) is 88.2 Å². The van der Waals surface area contributed by atoms with Crippen molar-refractivity contribution in [2.75, 3.05) is 18.1 Å². The molecule has 7 heteroatoms. The number of hydrogen-bond donors (Lipinski definition) is 0. The van der Waals surface area contributed by atoms with E-state index in [9.17, 15) is 9.59 Å². The number of nitriles is 1. The molecule has 34 heavy (non-hydrogen) atoms. The second-order valence-corrected chi connectivity index (χ2v) is 8.07. The highest BCUT2D eigenvalue weighted by Crippen LogP contribution is 2.21. The van der Waals surface area contributed by atoms with E-state index in [0.717, 1.165) is 33.8 Å². The fraction of sp³-hybridized carbons (Fsp3) is 0.259. The molecule has 0 atom stereocenters. The molecule has 0 radical (unpaired) electrons. The minimum absolute atomic E-state index is 0.177. The molecule has 2 aromatic carbocycles. The number of carbonyl (C=O) groups excluding carboxylic acids is 2. The van der Waals surface area contributed by atoms with E-state index in [0.29, 0.717) is 5.69 Å². The first-order valence-electron chi connectivity index (χ1n) is 11.0. The number of benzene rings is 2. The SMILES string of the molecule is Cc1cc(C)cc(N(CCC#N)C(=O)COC(=O)/C=C/c2c(C)nn(-c3ccccc3)c2C)c1. The van der Waals surface area contributed by atoms with Gasteiger partial charge in [-0.3, -0.25) is 4.79 Å². The average Bonchev–Trinajstić information content (AvgIpc) is 3.09. The number of aryl methyl sites for hydroxylation is 3. The molecular formula is C27H28N4O3. The van der Waals surface area contributed by atoms with Crippen LogP contribution in [0.15, 0.2) is 54.6 Å². The Bertz CT molecular complexity index is 1230. The molecule has 1 amide bonds. The molecule has 0 fully saturated rings. The van der Waals surface area contributed by atoms with Gasteiger partial charge in [-0.05, 0) is 69.2 Å². The van der Waals surface area contributed by atoms with Gasteiger partial charge in [-0.25, -0.2) is 9.48 Å². The highest BCUT2D eigenvalue weighted by atomic mass is 16.5. The normalized spacial score (nSPS) is 10.8. The monoisotopic (exact) mass is 456 g/mol. The molecule has 0 spiro atoms. The van der Waals surface area contributed by atoms with Gasteiger partial charge in [0.05, 0.1) is 23.9 Å². The molecule has 0 unspecified atom stereocenters. The maximum Gasteiger partial charge on any atom is 0.331 e. The van der Waals surface area contributed by atoms with Crippen molar-refractivity contribution >= 4 is 23.6 Å². The summed E-state index contributed by atoms with van der Waals surface area (Å²) in [5, 5.41) is 13.5. The largest absolute Gasteiger partial charge is 0.452 e. The van der Waals surface area contributed by atoms with Gasteiger partial charge in [-0.2, -0.15) is 10.4 Å². The third-order valence-electron chi connectivity index (χ3n) is 5.34. The van der Waals surface area contributed by atoms with Crippen molar-refractivity contribution in [1.82, 2.24) is 9.78 Å². The van der Waals surface area contributed by atoms with Crippen LogP contribution in [0.2, 0.25) is 0 Å². The second-order valence-electron chi connectivity index (χ2n) is 8.07. The summed E-state index contributed by atoms with van der Waals surface area (Å²) in [6.07, 6.45) is 3.13. The van der Waals surface area contributed by atoms with Crippen LogP contribution in [-0.4, -0.2) is 34.8 Å². The van der Waals surface area contributed by atoms with E-state index in [1.54, 1.807) is 6.08 Å². The predicted octanol–water partition coefficient (Wildman–Crippen LogP) is 4.61. The van der Waals surface area contributed by atoms with Gasteiger partial charge < -0.3 is 9.64 Å². The van der Waals surface area contributed by atoms with E-state index in [4.69, 9.17) is 10.00 Å². The number of hydrogen-bond acceptors (Lipinski definition) is 5. The Morgan fingerprint density at radius 2 is 1.76 bits per heavy atom. The fourth-order valence-corrected chi connectivity index (χ4v) is 3.79. The first-order valence-corrected chi connectivity index (χ1v) is 11.0. The van der Waals surface area contributed by atoms with Crippen LogP contribution in [-0.2, 0) is 14.3 Å². The molecular weight excluding hydrogens is 428 g/mol. The summed E-state index contributed by atoms with van der Waals surface area (Å²) in [5.74, 6) is -1.01. The average molecular weight is 457 g/mol. The first-order chi connectivity index (χ1) is 16.3. The lowest BCUT2D eigenvalue weighted by Gasteiger charge is -2.22. The molecule has 174 valence electrons. The van der Waals surface area contributed by atoms with Crippen LogP contribution in [0.3, 0.4) is 0 Å². The molecule has 1 heterocycles. The van der Waals surface area contributed by atoms with E-state index >= 15 is 0 Å². The van der Waals surface area contributed by atoms with Crippen molar-refractivity contribution in [3.63, 3.8) is 0 Å². The summed E-state index contributed by atoms with van der Waals surface area (Å²) in [6, 6.07) is 17.5. The molecule has 7 nitrogen and oxygen atoms in total. The van der Waals surface area contributed by atoms with Crippen LogP contribution >= 0.6 is 0 Å². The van der Waals surface area contributed by atoms with E-state index in [2.05, 4.69) is 11.2 Å². The zero-order valence-electron chi connectivity index (χ0n) is 19.9. The van der Waals surface area contributed by atoms with Gasteiger partial charge >= 0.3 is 5.97 Å². The minimum Gasteiger partial charge on any atom is -0.452 e. The summed E-state index contributed by atoms with van der Waals surface area (Å²) < 4.78 is 7.03. The lowest BCUT2D eigenvalue weighted by molar-refractivity contribution is -0.142. The number of ether oxygens (including phenoxy) is 1. The molecule has 1 aromatic heterocycles. The molecule has 0 aliphatic rings. The van der Waals surface area contributed by atoms with Gasteiger partial charge in [0.1, 0.15) is 0 Å². The van der Waals surface area contributed by atoms with Crippen molar-refractivity contribution < 1.29 is 14.3 Å². The summed E-state index contributed by atoms with van der Waals surface area (Å²) in [6.45, 7) is 7.50. The maximum atomic E-state index is 12.8. The number of amides is 1. The fourth-order valence-electron chi connectivity index (χ4n) is 3.79. The van der Waals surface area contributed by atoms with Crippen molar-refractivity contribution in [2.24, 2.45) is 0 Å². The Hall–Kier alpha value is -4.18. The molecule has 0 aliphatic carbocycles. The van der Waals surface area contributed by atoms with Gasteiger partial charge in [-0.1, -0.05) is 24.3 Å². The number of anilines is 1. The summed E-state index contributed by atoms with van der Waals surface area (Å²) in [4.78, 5) is 26.6. The third-order valence-corrected chi connectivity index (χ3v) is 5.34. The van der Waals surface area contributed by atoms with Crippen LogP contribution in [0.25, 0.3) is 11.8 Å². The predicted molar refractivity (Wildman–Crippen MR) is 132 cm³/mol. The number of rotatable bonds is 8. The van der Waals surface area contributed by atoms with Crippen molar-refractivity contribution in [1.29, 1.82) is 5.26 Å². The van der Waals surface area contributed by atoms with Crippen molar-refractivity contribution in [3.05, 3.63) is 82.7 Å². The number of para-hydroxylation sites is 1. The van der Waals surface area contributed by atoms with E-state index in [1.807, 2.05) is 80.9 Å². The molecule has 3 rings (SSSR count). The standard InChI is InChI=1S/C27H28N4O3/c1-19-15-20(2)17-24(16-19)30(14-8-13-28)26(32)18-34-27(33)12-11-25-21(3)29-31(22(25)4)23-9-6-5-7-10-23/h5-7,9-12,15-17H,8,14,18H2,1-4H3/b12-11+. The zero-order chi connectivity index (χ0) is 24.7. The summed E-state index contributed by atoms with van der Waals surface area (Å²) in [5.41, 5.74) is 6.11. The van der Waals surface area contributed by atoms with Gasteiger partial charge in [0, 0.05) is 29.6 Å². The third kappa shape index (κ3) is 5.99. The van der Waals surface area contributed by atoms with Gasteiger partial charge in [0.25, 0.3) is 5.91 Å². The Morgan fingerprint density at radius 3 is 2.41 bits per heavy atom. The highest BCUT2D eigenvalue weighted by Gasteiger charge is 2.18. The Kier molecular flexibility index (Phi) is 7.99. The number of esters is 1. The lowest BCUT2D eigenvalue weighted by Crippen LogP contribution is -2.35. The Balaban J connectivity index is 1.68. The van der Waals surface area contributed by atoms with Gasteiger partial charge in [-0.15, -0.1) is 0 Å². The van der Waals surface area contributed by atoms with E-state index in [-0.39, 0.29) is 18.9 Å². The van der Waals surface area contributed by atoms with E-state index < -0.39 is 12.6 Å². The van der Waals surface area contributed by atoms with E-state index in [1.165, 1.54) is 11.0 Å². The summed E-state index contributed by atoms with van der Waals surface area (Å²) in [7, 11) is 0. The van der Waals surface area contributed by atoms with Crippen LogP contribution in [0.4, 0.5) is 5.69 Å². The molecule has 0 aliphatic heterocycles. The first kappa shape index (κ1) is 24.5. The van der Waals surface area contributed by atoms with Crippen molar-refractivity contribution in [3.8, 4) is 11.8 Å². The molecule has 3 aromatic rings. The van der Waals surface area contributed by atoms with Gasteiger partial charge in [0.2, 0.25) is 0 Å². The number of aromatic nitrogens is 2. The lowest BCUT2D eigenvalue weighted by atomic mass is 10.1. The van der Waals surface area contributed by atoms with Crippen LogP contribution in [0.1, 0.15) is 34.5 Å². The molecule has 0 bridgehead atoms. The number of carbonyl (C=O) groups is 2. The molecule has 0 saturated heterocycles. The summed E-state index contributed by atoms with van der Waals surface area (Å²) >= 11 is 0. The quantitative estimate of drug-likeness (QED) is 0.365. The Labute approximate surface area is 199 Å². The van der Waals surface area contributed by atoms with Crippen molar-refractivity contribution in [2.45, 2.75) is 34.1 Å². The second kappa shape index (κ2) is 11.1. The zero-order valence-corrected chi connectivity index (χ0v) is 19.9. The minimum atomic E-state index is -0.625.